The molecular weight excluding hydrogens is 248 g/mol. The number of hydrogen-bond donors (Lipinski definition) is 2. The van der Waals surface area contributed by atoms with Crippen molar-refractivity contribution < 1.29 is 0 Å². The largest absolute Gasteiger partial charge is 0.282 e. The molecule has 102 valence electrons. The summed E-state index contributed by atoms with van der Waals surface area (Å²) in [5.74, 6) is 0. The van der Waals surface area contributed by atoms with E-state index in [4.69, 9.17) is 0 Å². The van der Waals surface area contributed by atoms with Gasteiger partial charge in [0.1, 0.15) is 0 Å². The number of aryl methyl sites for hydroxylation is 4. The van der Waals surface area contributed by atoms with Crippen LogP contribution in [0.25, 0.3) is 22.3 Å². The Labute approximate surface area is 118 Å². The van der Waals surface area contributed by atoms with Gasteiger partial charge in [0.05, 0.1) is 11.4 Å². The lowest BCUT2D eigenvalue weighted by molar-refractivity contribution is 1.02. The highest BCUT2D eigenvalue weighted by Crippen LogP contribution is 2.30. The minimum Gasteiger partial charge on any atom is -0.282 e. The molecule has 0 unspecified atom stereocenters. The Bertz CT molecular complexity index is 643. The number of rotatable bonds is 2. The van der Waals surface area contributed by atoms with Crippen LogP contribution in [0.2, 0.25) is 0 Å². The van der Waals surface area contributed by atoms with Gasteiger partial charge >= 0.3 is 0 Å². The lowest BCUT2D eigenvalue weighted by Crippen LogP contribution is -1.85. The number of benzene rings is 1. The zero-order valence-electron chi connectivity index (χ0n) is 12.2. The summed E-state index contributed by atoms with van der Waals surface area (Å²) in [5, 5.41) is 14.6. The highest BCUT2D eigenvalue weighted by molar-refractivity contribution is 5.74. The molecular formula is C16H18N4. The minimum absolute atomic E-state index is 1.03. The highest BCUT2D eigenvalue weighted by Gasteiger charge is 2.11. The maximum atomic E-state index is 4.25. The van der Waals surface area contributed by atoms with Gasteiger partial charge in [0.15, 0.2) is 0 Å². The third-order valence-corrected chi connectivity index (χ3v) is 3.72. The van der Waals surface area contributed by atoms with Crippen LogP contribution in [-0.2, 0) is 0 Å². The molecule has 2 N–H and O–H groups in total. The molecule has 2 heterocycles. The maximum absolute atomic E-state index is 4.25. The zero-order valence-corrected chi connectivity index (χ0v) is 12.2. The van der Waals surface area contributed by atoms with Gasteiger partial charge < -0.3 is 0 Å². The Morgan fingerprint density at radius 2 is 1.00 bits per heavy atom. The van der Waals surface area contributed by atoms with E-state index in [2.05, 4.69) is 44.7 Å². The second-order valence-electron chi connectivity index (χ2n) is 5.20. The van der Waals surface area contributed by atoms with E-state index in [-0.39, 0.29) is 0 Å². The Morgan fingerprint density at radius 3 is 1.25 bits per heavy atom. The van der Waals surface area contributed by atoms with E-state index in [1.54, 1.807) is 0 Å². The maximum Gasteiger partial charge on any atom is 0.0672 e. The molecule has 0 spiro atoms. The van der Waals surface area contributed by atoms with E-state index in [1.807, 2.05) is 27.7 Å². The first kappa shape index (κ1) is 12.7. The lowest BCUT2D eigenvalue weighted by Gasteiger charge is -2.05. The van der Waals surface area contributed by atoms with Crippen molar-refractivity contribution in [3.63, 3.8) is 0 Å². The SMILES string of the molecule is Cc1n[nH]c(C)c1-c1ccc(-c2c(C)n[nH]c2C)cc1. The molecule has 20 heavy (non-hydrogen) atoms. The van der Waals surface area contributed by atoms with Crippen molar-refractivity contribution in [3.8, 4) is 22.3 Å². The zero-order chi connectivity index (χ0) is 14.3. The van der Waals surface area contributed by atoms with Gasteiger partial charge in [0.2, 0.25) is 0 Å². The molecule has 0 amide bonds. The van der Waals surface area contributed by atoms with Crippen LogP contribution in [0.4, 0.5) is 0 Å². The number of nitrogens with zero attached hydrogens (tertiary/aromatic N) is 2. The summed E-state index contributed by atoms with van der Waals surface area (Å²) in [6, 6.07) is 8.58. The van der Waals surface area contributed by atoms with Gasteiger partial charge in [0.25, 0.3) is 0 Å². The molecule has 0 atom stereocenters. The Kier molecular flexibility index (Phi) is 2.93. The van der Waals surface area contributed by atoms with Gasteiger partial charge in [-0.15, -0.1) is 0 Å². The van der Waals surface area contributed by atoms with E-state index in [9.17, 15) is 0 Å². The van der Waals surface area contributed by atoms with E-state index in [0.717, 1.165) is 22.8 Å². The van der Waals surface area contributed by atoms with Crippen LogP contribution in [0.15, 0.2) is 24.3 Å². The van der Waals surface area contributed by atoms with Crippen LogP contribution in [0.1, 0.15) is 22.8 Å². The van der Waals surface area contributed by atoms with E-state index in [1.165, 1.54) is 22.3 Å². The van der Waals surface area contributed by atoms with Crippen LogP contribution < -0.4 is 0 Å². The fraction of sp³-hybridized carbons (Fsp3) is 0.250. The number of aromatic amines is 2. The van der Waals surface area contributed by atoms with Crippen LogP contribution in [-0.4, -0.2) is 20.4 Å². The summed E-state index contributed by atoms with van der Waals surface area (Å²) in [6.07, 6.45) is 0. The lowest BCUT2D eigenvalue weighted by atomic mass is 9.98. The summed E-state index contributed by atoms with van der Waals surface area (Å²) in [5.41, 5.74) is 9.04. The van der Waals surface area contributed by atoms with Crippen molar-refractivity contribution >= 4 is 0 Å². The summed E-state index contributed by atoms with van der Waals surface area (Å²) < 4.78 is 0. The molecule has 4 heteroatoms. The molecule has 0 aliphatic heterocycles. The molecule has 0 aliphatic rings. The van der Waals surface area contributed by atoms with Crippen LogP contribution >= 0.6 is 0 Å². The third-order valence-electron chi connectivity index (χ3n) is 3.72. The number of aromatic nitrogens is 4. The first-order valence-electron chi connectivity index (χ1n) is 6.72. The van der Waals surface area contributed by atoms with E-state index >= 15 is 0 Å². The molecule has 0 fully saturated rings. The van der Waals surface area contributed by atoms with E-state index < -0.39 is 0 Å². The number of H-pyrrole nitrogens is 2. The highest BCUT2D eigenvalue weighted by atomic mass is 15.1. The third kappa shape index (κ3) is 1.93. The standard InChI is InChI=1S/C16H18N4/c1-9-15(10(2)18-17-9)13-5-7-14(8-6-13)16-11(3)19-20-12(16)4/h5-8H,1-4H3,(H,17,18)(H,19,20). The molecule has 2 aromatic heterocycles. The van der Waals surface area contributed by atoms with Crippen molar-refractivity contribution in [1.82, 2.24) is 20.4 Å². The second kappa shape index (κ2) is 4.63. The van der Waals surface area contributed by atoms with Gasteiger partial charge in [-0.1, -0.05) is 24.3 Å². The van der Waals surface area contributed by atoms with Gasteiger partial charge in [-0.25, -0.2) is 0 Å². The van der Waals surface area contributed by atoms with Gasteiger partial charge in [-0.2, -0.15) is 10.2 Å². The summed E-state index contributed by atoms with van der Waals surface area (Å²) in [4.78, 5) is 0. The van der Waals surface area contributed by atoms with Crippen molar-refractivity contribution in [2.45, 2.75) is 27.7 Å². The number of nitrogens with one attached hydrogen (secondary N) is 2. The quantitative estimate of drug-likeness (QED) is 0.743. The average molecular weight is 266 g/mol. The monoisotopic (exact) mass is 266 g/mol. The van der Waals surface area contributed by atoms with Crippen LogP contribution in [0.5, 0.6) is 0 Å². The van der Waals surface area contributed by atoms with Crippen molar-refractivity contribution in [3.05, 3.63) is 47.0 Å². The topological polar surface area (TPSA) is 57.4 Å². The van der Waals surface area contributed by atoms with Crippen LogP contribution in [0.3, 0.4) is 0 Å². The Morgan fingerprint density at radius 1 is 0.650 bits per heavy atom. The fourth-order valence-corrected chi connectivity index (χ4v) is 2.76. The molecule has 0 saturated heterocycles. The Balaban J connectivity index is 2.05. The summed E-state index contributed by atoms with van der Waals surface area (Å²) in [6.45, 7) is 8.15. The Hall–Kier alpha value is -2.36. The van der Waals surface area contributed by atoms with Gasteiger partial charge in [0, 0.05) is 22.5 Å². The first-order valence-corrected chi connectivity index (χ1v) is 6.72. The second-order valence-corrected chi connectivity index (χ2v) is 5.20. The molecule has 1 aromatic carbocycles. The molecule has 4 nitrogen and oxygen atoms in total. The van der Waals surface area contributed by atoms with Crippen molar-refractivity contribution in [1.29, 1.82) is 0 Å². The van der Waals surface area contributed by atoms with Gasteiger partial charge in [-0.3, -0.25) is 10.2 Å². The number of hydrogen-bond acceptors (Lipinski definition) is 2. The molecule has 3 aromatic rings. The minimum atomic E-state index is 1.03. The molecule has 0 bridgehead atoms. The van der Waals surface area contributed by atoms with Crippen LogP contribution in [0, 0.1) is 27.7 Å². The first-order chi connectivity index (χ1) is 9.58. The molecule has 0 saturated carbocycles. The fourth-order valence-electron chi connectivity index (χ4n) is 2.76. The molecule has 3 rings (SSSR count). The normalized spacial score (nSPS) is 11.0. The molecule has 0 aliphatic carbocycles. The molecule has 0 radical (unpaired) electrons. The van der Waals surface area contributed by atoms with E-state index in [0.29, 0.717) is 0 Å². The summed E-state index contributed by atoms with van der Waals surface area (Å²) >= 11 is 0. The summed E-state index contributed by atoms with van der Waals surface area (Å²) in [7, 11) is 0. The van der Waals surface area contributed by atoms with Gasteiger partial charge in [-0.05, 0) is 38.8 Å². The smallest absolute Gasteiger partial charge is 0.0672 e. The average Bonchev–Trinajstić information content (AvgIpc) is 2.94. The van der Waals surface area contributed by atoms with Crippen molar-refractivity contribution in [2.24, 2.45) is 0 Å². The predicted molar refractivity (Wildman–Crippen MR) is 80.6 cm³/mol. The predicted octanol–water partition coefficient (Wildman–Crippen LogP) is 3.70. The van der Waals surface area contributed by atoms with Crippen molar-refractivity contribution in [2.75, 3.05) is 0 Å².